The Morgan fingerprint density at radius 3 is 2.75 bits per heavy atom. The first-order valence-electron chi connectivity index (χ1n) is 8.86. The van der Waals surface area contributed by atoms with Gasteiger partial charge >= 0.3 is 0 Å². The third-order valence-electron chi connectivity index (χ3n) is 4.53. The maximum absolute atomic E-state index is 13.1. The van der Waals surface area contributed by atoms with Crippen molar-refractivity contribution in [1.29, 1.82) is 0 Å². The van der Waals surface area contributed by atoms with Crippen molar-refractivity contribution >= 4 is 5.91 Å². The Balaban J connectivity index is 1.64. The fourth-order valence-electron chi connectivity index (χ4n) is 3.58. The third-order valence-corrected chi connectivity index (χ3v) is 4.53. The van der Waals surface area contributed by atoms with Crippen LogP contribution in [-0.2, 0) is 4.79 Å². The predicted molar refractivity (Wildman–Crippen MR) is 93.0 cm³/mol. The summed E-state index contributed by atoms with van der Waals surface area (Å²) < 4.78 is 13.1. The van der Waals surface area contributed by atoms with E-state index in [2.05, 4.69) is 24.1 Å². The van der Waals surface area contributed by atoms with Crippen LogP contribution in [0.1, 0.15) is 44.8 Å². The summed E-state index contributed by atoms with van der Waals surface area (Å²) in [4.78, 5) is 14.4. The third kappa shape index (κ3) is 6.21. The van der Waals surface area contributed by atoms with Crippen LogP contribution in [-0.4, -0.2) is 42.1 Å². The zero-order valence-corrected chi connectivity index (χ0v) is 14.7. The van der Waals surface area contributed by atoms with Gasteiger partial charge in [0.25, 0.3) is 0 Å². The van der Waals surface area contributed by atoms with Gasteiger partial charge in [0.1, 0.15) is 5.82 Å². The van der Waals surface area contributed by atoms with E-state index in [0.717, 1.165) is 37.9 Å². The van der Waals surface area contributed by atoms with Gasteiger partial charge in [-0.25, -0.2) is 4.39 Å². The first-order chi connectivity index (χ1) is 11.4. The van der Waals surface area contributed by atoms with Gasteiger partial charge in [0.15, 0.2) is 0 Å². The van der Waals surface area contributed by atoms with Gasteiger partial charge in [-0.05, 0) is 48.9 Å². The minimum atomic E-state index is -0.968. The lowest BCUT2D eigenvalue weighted by molar-refractivity contribution is -0.123. The van der Waals surface area contributed by atoms with Gasteiger partial charge in [0.05, 0.1) is 12.5 Å². The van der Waals surface area contributed by atoms with Crippen LogP contribution in [0.25, 0.3) is 0 Å². The molecule has 0 aliphatic carbocycles. The van der Waals surface area contributed by atoms with E-state index in [1.165, 1.54) is 24.6 Å². The minimum Gasteiger partial charge on any atom is -0.388 e. The molecule has 1 aliphatic heterocycles. The van der Waals surface area contributed by atoms with E-state index in [4.69, 9.17) is 0 Å². The van der Waals surface area contributed by atoms with E-state index < -0.39 is 11.9 Å². The number of carbonyl (C=O) groups is 1. The Kier molecular flexibility index (Phi) is 7.18. The fraction of sp³-hybridized carbons (Fsp3) is 0.632. The SMILES string of the molecule is CC1CC(C)CN(CCCNC(=O)CC(O)c2cccc(F)c2)C1. The fourth-order valence-corrected chi connectivity index (χ4v) is 3.58. The molecule has 1 aliphatic rings. The largest absolute Gasteiger partial charge is 0.388 e. The second-order valence-electron chi connectivity index (χ2n) is 7.18. The highest BCUT2D eigenvalue weighted by atomic mass is 19.1. The molecular weight excluding hydrogens is 307 g/mol. The molecule has 5 heteroatoms. The summed E-state index contributed by atoms with van der Waals surface area (Å²) in [5, 5.41) is 12.8. The lowest BCUT2D eigenvalue weighted by atomic mass is 9.92. The van der Waals surface area contributed by atoms with Gasteiger partial charge in [-0.15, -0.1) is 0 Å². The molecule has 2 N–H and O–H groups in total. The summed E-state index contributed by atoms with van der Waals surface area (Å²) in [6.07, 6.45) is 1.19. The molecule has 2 rings (SSSR count). The highest BCUT2D eigenvalue weighted by Gasteiger charge is 2.21. The van der Waals surface area contributed by atoms with Crippen LogP contribution in [0.5, 0.6) is 0 Å². The van der Waals surface area contributed by atoms with Crippen molar-refractivity contribution in [2.75, 3.05) is 26.2 Å². The molecule has 0 radical (unpaired) electrons. The number of carbonyl (C=O) groups excluding carboxylic acids is 1. The molecule has 24 heavy (non-hydrogen) atoms. The van der Waals surface area contributed by atoms with E-state index in [1.54, 1.807) is 6.07 Å². The Bertz CT molecular complexity index is 528. The van der Waals surface area contributed by atoms with Gasteiger partial charge in [-0.3, -0.25) is 4.79 Å². The minimum absolute atomic E-state index is 0.0404. The number of hydrogen-bond acceptors (Lipinski definition) is 3. The van der Waals surface area contributed by atoms with Crippen molar-refractivity contribution in [3.05, 3.63) is 35.6 Å². The quantitative estimate of drug-likeness (QED) is 0.753. The van der Waals surface area contributed by atoms with E-state index >= 15 is 0 Å². The highest BCUT2D eigenvalue weighted by Crippen LogP contribution is 2.21. The lowest BCUT2D eigenvalue weighted by Gasteiger charge is -2.34. The summed E-state index contributed by atoms with van der Waals surface area (Å²) in [6, 6.07) is 5.74. The van der Waals surface area contributed by atoms with Crippen LogP contribution in [0.4, 0.5) is 4.39 Å². The lowest BCUT2D eigenvalue weighted by Crippen LogP contribution is -2.40. The molecule has 1 amide bonds. The number of nitrogens with zero attached hydrogens (tertiary/aromatic N) is 1. The molecule has 134 valence electrons. The van der Waals surface area contributed by atoms with E-state index in [0.29, 0.717) is 12.1 Å². The van der Waals surface area contributed by atoms with Crippen LogP contribution in [0.3, 0.4) is 0 Å². The van der Waals surface area contributed by atoms with Crippen molar-refractivity contribution in [3.63, 3.8) is 0 Å². The van der Waals surface area contributed by atoms with Crippen LogP contribution in [0.15, 0.2) is 24.3 Å². The second kappa shape index (κ2) is 9.14. The average molecular weight is 336 g/mol. The van der Waals surface area contributed by atoms with Crippen molar-refractivity contribution in [2.24, 2.45) is 11.8 Å². The Morgan fingerprint density at radius 2 is 2.08 bits per heavy atom. The van der Waals surface area contributed by atoms with Gasteiger partial charge in [-0.2, -0.15) is 0 Å². The van der Waals surface area contributed by atoms with Crippen LogP contribution in [0.2, 0.25) is 0 Å². The van der Waals surface area contributed by atoms with Gasteiger partial charge in [-0.1, -0.05) is 26.0 Å². The molecule has 3 unspecified atom stereocenters. The summed E-state index contributed by atoms with van der Waals surface area (Å²) in [5.41, 5.74) is 0.432. The molecule has 1 saturated heterocycles. The summed E-state index contributed by atoms with van der Waals surface area (Å²) >= 11 is 0. The van der Waals surface area contributed by atoms with Gasteiger partial charge in [0, 0.05) is 19.6 Å². The Hall–Kier alpha value is -1.46. The average Bonchev–Trinajstić information content (AvgIpc) is 2.50. The van der Waals surface area contributed by atoms with Crippen LogP contribution < -0.4 is 5.32 Å². The monoisotopic (exact) mass is 336 g/mol. The maximum Gasteiger partial charge on any atom is 0.222 e. The molecule has 0 spiro atoms. The smallest absolute Gasteiger partial charge is 0.222 e. The number of rotatable bonds is 7. The number of aliphatic hydroxyl groups is 1. The van der Waals surface area contributed by atoms with Gasteiger partial charge in [0.2, 0.25) is 5.91 Å². The molecule has 0 saturated carbocycles. The number of benzene rings is 1. The normalized spacial score (nSPS) is 23.0. The number of likely N-dealkylation sites (tertiary alicyclic amines) is 1. The second-order valence-corrected chi connectivity index (χ2v) is 7.18. The Morgan fingerprint density at radius 1 is 1.38 bits per heavy atom. The summed E-state index contributed by atoms with van der Waals surface area (Å²) in [7, 11) is 0. The van der Waals surface area contributed by atoms with Gasteiger partial charge < -0.3 is 15.3 Å². The molecular formula is C19H29FN2O2. The molecule has 1 aromatic carbocycles. The van der Waals surface area contributed by atoms with E-state index in [-0.39, 0.29) is 12.3 Å². The van der Waals surface area contributed by atoms with Crippen molar-refractivity contribution in [2.45, 2.75) is 39.2 Å². The number of amides is 1. The highest BCUT2D eigenvalue weighted by molar-refractivity contribution is 5.76. The first-order valence-corrected chi connectivity index (χ1v) is 8.86. The molecule has 3 atom stereocenters. The number of halogens is 1. The van der Waals surface area contributed by atoms with E-state index in [9.17, 15) is 14.3 Å². The van der Waals surface area contributed by atoms with Crippen molar-refractivity contribution in [3.8, 4) is 0 Å². The Labute approximate surface area is 144 Å². The van der Waals surface area contributed by atoms with E-state index in [1.807, 2.05) is 0 Å². The number of aliphatic hydroxyl groups excluding tert-OH is 1. The number of piperidine rings is 1. The number of nitrogens with one attached hydrogen (secondary N) is 1. The van der Waals surface area contributed by atoms with Crippen molar-refractivity contribution in [1.82, 2.24) is 10.2 Å². The molecule has 4 nitrogen and oxygen atoms in total. The summed E-state index contributed by atoms with van der Waals surface area (Å²) in [5.74, 6) is 0.874. The number of hydrogen-bond donors (Lipinski definition) is 2. The molecule has 1 fully saturated rings. The van der Waals surface area contributed by atoms with Crippen molar-refractivity contribution < 1.29 is 14.3 Å². The van der Waals surface area contributed by atoms with Crippen LogP contribution in [0, 0.1) is 17.7 Å². The van der Waals surface area contributed by atoms with Crippen LogP contribution >= 0.6 is 0 Å². The maximum atomic E-state index is 13.1. The molecule has 0 bridgehead atoms. The zero-order valence-electron chi connectivity index (χ0n) is 14.7. The standard InChI is InChI=1S/C19H29FN2O2/c1-14-9-15(2)13-22(12-14)8-4-7-21-19(24)11-18(23)16-5-3-6-17(20)10-16/h3,5-6,10,14-15,18,23H,4,7-9,11-13H2,1-2H3,(H,21,24). The predicted octanol–water partition coefficient (Wildman–Crippen LogP) is 2.73. The zero-order chi connectivity index (χ0) is 17.5. The molecule has 1 aromatic rings. The first kappa shape index (κ1) is 18.9. The molecule has 1 heterocycles. The topological polar surface area (TPSA) is 52.6 Å². The summed E-state index contributed by atoms with van der Waals surface area (Å²) in [6.45, 7) is 8.44. The molecule has 0 aromatic heterocycles.